The van der Waals surface area contributed by atoms with Crippen molar-refractivity contribution in [1.82, 2.24) is 0 Å². The molecule has 0 aliphatic carbocycles. The van der Waals surface area contributed by atoms with Crippen LogP contribution in [0.1, 0.15) is 25.3 Å². The van der Waals surface area contributed by atoms with E-state index in [0.717, 1.165) is 30.8 Å². The molecular formula is C13H14O2. The molecule has 0 fully saturated rings. The standard InChI is InChI=1S/C13H14O2/c1-2-3-11-15-13-8-6-12(7-9-13)5-4-10-14/h5-9H,2-3,11H2,1H3. The van der Waals surface area contributed by atoms with E-state index in [2.05, 4.69) is 12.7 Å². The van der Waals surface area contributed by atoms with E-state index in [0.29, 0.717) is 0 Å². The highest BCUT2D eigenvalue weighted by Gasteiger charge is 1.92. The van der Waals surface area contributed by atoms with E-state index in [1.54, 1.807) is 12.0 Å². The van der Waals surface area contributed by atoms with Gasteiger partial charge in [0, 0.05) is 0 Å². The number of benzene rings is 1. The molecule has 0 spiro atoms. The molecule has 0 aliphatic heterocycles. The van der Waals surface area contributed by atoms with Crippen molar-refractivity contribution in [3.05, 3.63) is 35.6 Å². The highest BCUT2D eigenvalue weighted by molar-refractivity contribution is 5.58. The molecule has 1 rings (SSSR count). The van der Waals surface area contributed by atoms with Gasteiger partial charge in [0.1, 0.15) is 5.75 Å². The first-order valence-corrected chi connectivity index (χ1v) is 5.05. The molecule has 0 radical (unpaired) electrons. The number of hydrogen-bond acceptors (Lipinski definition) is 2. The van der Waals surface area contributed by atoms with Gasteiger partial charge in [0.05, 0.1) is 6.61 Å². The molecule has 0 saturated carbocycles. The van der Waals surface area contributed by atoms with Crippen LogP contribution in [-0.4, -0.2) is 12.5 Å². The molecule has 0 atom stereocenters. The number of rotatable bonds is 5. The van der Waals surface area contributed by atoms with Gasteiger partial charge >= 0.3 is 0 Å². The van der Waals surface area contributed by atoms with Crippen LogP contribution in [0, 0.1) is 0 Å². The minimum absolute atomic E-state index is 0.750. The lowest BCUT2D eigenvalue weighted by molar-refractivity contribution is 0.309. The van der Waals surface area contributed by atoms with Gasteiger partial charge in [0.2, 0.25) is 0 Å². The molecule has 0 N–H and O–H groups in total. The topological polar surface area (TPSA) is 26.3 Å². The predicted molar refractivity (Wildman–Crippen MR) is 60.5 cm³/mol. The Morgan fingerprint density at radius 3 is 2.67 bits per heavy atom. The van der Waals surface area contributed by atoms with Gasteiger partial charge in [0.25, 0.3) is 0 Å². The van der Waals surface area contributed by atoms with Crippen LogP contribution < -0.4 is 4.74 Å². The van der Waals surface area contributed by atoms with E-state index < -0.39 is 0 Å². The van der Waals surface area contributed by atoms with E-state index in [1.807, 2.05) is 24.3 Å². The molecule has 2 heteroatoms. The van der Waals surface area contributed by atoms with Crippen molar-refractivity contribution < 1.29 is 9.53 Å². The summed E-state index contributed by atoms with van der Waals surface area (Å²) in [7, 11) is 0. The van der Waals surface area contributed by atoms with Crippen LogP contribution in [0.25, 0.3) is 6.08 Å². The molecule has 1 aromatic carbocycles. The zero-order valence-electron chi connectivity index (χ0n) is 8.82. The Bertz CT molecular complexity index is 366. The Labute approximate surface area is 89.9 Å². The first-order valence-electron chi connectivity index (χ1n) is 5.05. The number of unbranched alkanes of at least 4 members (excludes halogenated alkanes) is 1. The molecule has 15 heavy (non-hydrogen) atoms. The van der Waals surface area contributed by atoms with Crippen LogP contribution in [0.15, 0.2) is 30.0 Å². The molecule has 1 aromatic rings. The predicted octanol–water partition coefficient (Wildman–Crippen LogP) is 2.87. The van der Waals surface area contributed by atoms with Crippen molar-refractivity contribution in [1.29, 1.82) is 0 Å². The first kappa shape index (κ1) is 11.3. The number of ether oxygens (including phenoxy) is 1. The van der Waals surface area contributed by atoms with Crippen molar-refractivity contribution in [2.24, 2.45) is 0 Å². The minimum Gasteiger partial charge on any atom is -0.494 e. The zero-order chi connectivity index (χ0) is 10.9. The smallest absolute Gasteiger partial charge is 0.177 e. The van der Waals surface area contributed by atoms with Crippen LogP contribution in [0.2, 0.25) is 0 Å². The third-order valence-corrected chi connectivity index (χ3v) is 1.94. The Balaban J connectivity index is 2.56. The fourth-order valence-electron chi connectivity index (χ4n) is 1.11. The maximum absolute atomic E-state index is 9.93. The third kappa shape index (κ3) is 4.33. The van der Waals surface area contributed by atoms with Crippen LogP contribution >= 0.6 is 0 Å². The van der Waals surface area contributed by atoms with Crippen LogP contribution in [0.3, 0.4) is 0 Å². The summed E-state index contributed by atoms with van der Waals surface area (Å²) in [5.41, 5.74) is 3.28. The van der Waals surface area contributed by atoms with Crippen LogP contribution in [0.5, 0.6) is 5.75 Å². The van der Waals surface area contributed by atoms with Crippen LogP contribution in [-0.2, 0) is 4.79 Å². The molecular weight excluding hydrogens is 188 g/mol. The summed E-state index contributed by atoms with van der Waals surface area (Å²) >= 11 is 0. The highest BCUT2D eigenvalue weighted by atomic mass is 16.5. The van der Waals surface area contributed by atoms with E-state index >= 15 is 0 Å². The van der Waals surface area contributed by atoms with Crippen molar-refractivity contribution in [3.8, 4) is 5.75 Å². The Hall–Kier alpha value is -1.75. The second-order valence-electron chi connectivity index (χ2n) is 3.16. The van der Waals surface area contributed by atoms with Crippen molar-refractivity contribution in [2.45, 2.75) is 19.8 Å². The van der Waals surface area contributed by atoms with Gasteiger partial charge < -0.3 is 4.74 Å². The van der Waals surface area contributed by atoms with E-state index in [-0.39, 0.29) is 0 Å². The average Bonchev–Trinajstić information content (AvgIpc) is 2.28. The highest BCUT2D eigenvalue weighted by Crippen LogP contribution is 2.13. The summed E-state index contributed by atoms with van der Waals surface area (Å²) in [6.07, 6.45) is 3.78. The lowest BCUT2D eigenvalue weighted by Crippen LogP contribution is -1.95. The summed E-state index contributed by atoms with van der Waals surface area (Å²) in [6, 6.07) is 7.53. The molecule has 0 aliphatic rings. The fraction of sp³-hybridized carbons (Fsp3) is 0.308. The Kier molecular flexibility index (Phi) is 5.03. The third-order valence-electron chi connectivity index (χ3n) is 1.94. The van der Waals surface area contributed by atoms with Gasteiger partial charge in [-0.3, -0.25) is 0 Å². The minimum atomic E-state index is 0.750. The fourth-order valence-corrected chi connectivity index (χ4v) is 1.11. The SMILES string of the molecule is CCCCOc1ccc(C=C=C=O)cc1. The van der Waals surface area contributed by atoms with Crippen molar-refractivity contribution in [2.75, 3.05) is 6.61 Å². The molecule has 0 unspecified atom stereocenters. The van der Waals surface area contributed by atoms with Gasteiger partial charge in [0.15, 0.2) is 5.94 Å². The van der Waals surface area contributed by atoms with Gasteiger partial charge in [-0.25, -0.2) is 4.79 Å². The van der Waals surface area contributed by atoms with E-state index in [1.165, 1.54) is 0 Å². The normalized spacial score (nSPS) is 8.87. The second-order valence-corrected chi connectivity index (χ2v) is 3.16. The summed E-state index contributed by atoms with van der Waals surface area (Å²) in [4.78, 5) is 9.93. The second kappa shape index (κ2) is 6.67. The summed E-state index contributed by atoms with van der Waals surface area (Å²) in [6.45, 7) is 2.88. The molecule has 0 amide bonds. The zero-order valence-corrected chi connectivity index (χ0v) is 8.82. The Morgan fingerprint density at radius 2 is 2.07 bits per heavy atom. The van der Waals surface area contributed by atoms with Gasteiger partial charge in [-0.2, -0.15) is 0 Å². The summed E-state index contributed by atoms with van der Waals surface area (Å²) in [5, 5.41) is 0. The largest absolute Gasteiger partial charge is 0.494 e. The quantitative estimate of drug-likeness (QED) is 0.417. The van der Waals surface area contributed by atoms with Gasteiger partial charge in [-0.05, 0) is 35.9 Å². The summed E-state index contributed by atoms with van der Waals surface area (Å²) in [5.74, 6) is 2.44. The molecule has 0 heterocycles. The molecule has 2 nitrogen and oxygen atoms in total. The van der Waals surface area contributed by atoms with Gasteiger partial charge in [-0.1, -0.05) is 25.5 Å². The molecule has 0 saturated heterocycles. The lowest BCUT2D eigenvalue weighted by Gasteiger charge is -2.04. The number of hydrogen-bond donors (Lipinski definition) is 0. The maximum atomic E-state index is 9.93. The van der Waals surface area contributed by atoms with Crippen molar-refractivity contribution in [3.63, 3.8) is 0 Å². The number of carbonyl (C=O) groups excluding carboxylic acids is 1. The Morgan fingerprint density at radius 1 is 1.33 bits per heavy atom. The summed E-state index contributed by atoms with van der Waals surface area (Å²) < 4.78 is 5.49. The molecule has 78 valence electrons. The van der Waals surface area contributed by atoms with E-state index in [4.69, 9.17) is 4.74 Å². The van der Waals surface area contributed by atoms with Crippen LogP contribution in [0.4, 0.5) is 0 Å². The average molecular weight is 202 g/mol. The lowest BCUT2D eigenvalue weighted by atomic mass is 10.2. The first-order chi connectivity index (χ1) is 7.36. The van der Waals surface area contributed by atoms with E-state index in [9.17, 15) is 4.79 Å². The monoisotopic (exact) mass is 202 g/mol. The molecule has 0 bridgehead atoms. The maximum Gasteiger partial charge on any atom is 0.177 e. The van der Waals surface area contributed by atoms with Gasteiger partial charge in [-0.15, -0.1) is 0 Å². The van der Waals surface area contributed by atoms with Crippen molar-refractivity contribution >= 4 is 12.0 Å². The molecule has 0 aromatic heterocycles.